The molecular formula is C22H23N5O3S. The first-order valence-corrected chi connectivity index (χ1v) is 10.7. The Balaban J connectivity index is 1.76. The number of thioether (sulfide) groups is 1. The predicted molar refractivity (Wildman–Crippen MR) is 122 cm³/mol. The van der Waals surface area contributed by atoms with Crippen LogP contribution in [-0.2, 0) is 16.0 Å². The molecule has 9 heteroatoms. The van der Waals surface area contributed by atoms with E-state index in [-0.39, 0.29) is 22.7 Å². The van der Waals surface area contributed by atoms with Gasteiger partial charge in [0.05, 0.1) is 10.9 Å². The third-order valence-electron chi connectivity index (χ3n) is 4.48. The second-order valence-corrected chi connectivity index (χ2v) is 8.12. The summed E-state index contributed by atoms with van der Waals surface area (Å²) in [6, 6.07) is 14.5. The van der Waals surface area contributed by atoms with E-state index in [0.29, 0.717) is 11.3 Å². The van der Waals surface area contributed by atoms with Crippen LogP contribution in [0.15, 0.2) is 58.5 Å². The molecule has 160 valence electrons. The van der Waals surface area contributed by atoms with Crippen LogP contribution in [0.5, 0.6) is 0 Å². The summed E-state index contributed by atoms with van der Waals surface area (Å²) in [6.07, 6.45) is 0.804. The summed E-state index contributed by atoms with van der Waals surface area (Å²) in [7, 11) is 0. The maximum atomic E-state index is 12.6. The van der Waals surface area contributed by atoms with E-state index in [0.717, 1.165) is 29.4 Å². The zero-order valence-electron chi connectivity index (χ0n) is 17.4. The van der Waals surface area contributed by atoms with Gasteiger partial charge in [-0.25, -0.2) is 0 Å². The number of para-hydroxylation sites is 2. The second-order valence-electron chi connectivity index (χ2n) is 6.79. The molecule has 3 N–H and O–H groups in total. The minimum atomic E-state index is -0.507. The second kappa shape index (κ2) is 10.0. The number of carbonyl (C=O) groups excluding carboxylic acids is 2. The molecule has 0 saturated carbocycles. The first-order valence-electron chi connectivity index (χ1n) is 9.78. The number of carbonyl (C=O) groups is 2. The largest absolute Gasteiger partial charge is 0.326 e. The molecule has 0 spiro atoms. The number of aromatic nitrogens is 3. The third kappa shape index (κ3) is 5.58. The molecule has 3 rings (SSSR count). The van der Waals surface area contributed by atoms with Crippen LogP contribution >= 0.6 is 11.8 Å². The molecule has 1 atom stereocenters. The maximum absolute atomic E-state index is 12.6. The molecular weight excluding hydrogens is 414 g/mol. The fraction of sp³-hybridized carbons (Fsp3) is 0.227. The van der Waals surface area contributed by atoms with Gasteiger partial charge in [0, 0.05) is 18.2 Å². The molecule has 31 heavy (non-hydrogen) atoms. The van der Waals surface area contributed by atoms with Gasteiger partial charge in [0.15, 0.2) is 10.9 Å². The number of anilines is 2. The lowest BCUT2D eigenvalue weighted by atomic mass is 10.1. The minimum absolute atomic E-state index is 0.0858. The summed E-state index contributed by atoms with van der Waals surface area (Å²) in [5.41, 5.74) is 2.37. The number of hydrogen-bond donors (Lipinski definition) is 3. The van der Waals surface area contributed by atoms with Gasteiger partial charge in [-0.05, 0) is 31.0 Å². The highest BCUT2D eigenvalue weighted by Gasteiger charge is 2.19. The zero-order valence-corrected chi connectivity index (χ0v) is 18.2. The third-order valence-corrected chi connectivity index (χ3v) is 5.46. The van der Waals surface area contributed by atoms with Crippen molar-refractivity contribution in [3.63, 3.8) is 0 Å². The van der Waals surface area contributed by atoms with Crippen molar-refractivity contribution in [2.24, 2.45) is 0 Å². The molecule has 1 aromatic heterocycles. The van der Waals surface area contributed by atoms with E-state index >= 15 is 0 Å². The molecule has 0 aliphatic heterocycles. The number of hydrogen-bond acceptors (Lipinski definition) is 6. The van der Waals surface area contributed by atoms with Crippen LogP contribution in [0.3, 0.4) is 0 Å². The van der Waals surface area contributed by atoms with Crippen LogP contribution in [0.1, 0.15) is 26.3 Å². The predicted octanol–water partition coefficient (Wildman–Crippen LogP) is 3.47. The molecule has 2 aromatic carbocycles. The summed E-state index contributed by atoms with van der Waals surface area (Å²) in [5, 5.41) is 13.4. The SMILES string of the molecule is CCc1ccccc1NC(=O)[C@H](C)Sc1nnc(-c2ccccc2NC(C)=O)c(=O)[nH]1. The fourth-order valence-corrected chi connectivity index (χ4v) is 3.69. The lowest BCUT2D eigenvalue weighted by molar-refractivity contribution is -0.115. The fourth-order valence-electron chi connectivity index (χ4n) is 2.95. The Morgan fingerprint density at radius 1 is 1.03 bits per heavy atom. The molecule has 0 saturated heterocycles. The van der Waals surface area contributed by atoms with Crippen molar-refractivity contribution in [1.29, 1.82) is 0 Å². The van der Waals surface area contributed by atoms with Gasteiger partial charge >= 0.3 is 0 Å². The van der Waals surface area contributed by atoms with Gasteiger partial charge in [-0.3, -0.25) is 19.4 Å². The first-order chi connectivity index (χ1) is 14.9. The van der Waals surface area contributed by atoms with E-state index < -0.39 is 10.8 Å². The van der Waals surface area contributed by atoms with Crippen molar-refractivity contribution in [3.8, 4) is 11.3 Å². The van der Waals surface area contributed by atoms with Crippen molar-refractivity contribution in [1.82, 2.24) is 15.2 Å². The van der Waals surface area contributed by atoms with Crippen LogP contribution in [-0.4, -0.2) is 32.2 Å². The van der Waals surface area contributed by atoms with E-state index in [1.807, 2.05) is 31.2 Å². The van der Waals surface area contributed by atoms with Crippen LogP contribution in [0.25, 0.3) is 11.3 Å². The number of nitrogens with zero attached hydrogens (tertiary/aromatic N) is 2. The van der Waals surface area contributed by atoms with Gasteiger partial charge in [-0.1, -0.05) is 55.1 Å². The number of aromatic amines is 1. The lowest BCUT2D eigenvalue weighted by Crippen LogP contribution is -2.24. The highest BCUT2D eigenvalue weighted by atomic mass is 32.2. The number of nitrogens with one attached hydrogen (secondary N) is 3. The van der Waals surface area contributed by atoms with E-state index in [4.69, 9.17) is 0 Å². The van der Waals surface area contributed by atoms with Gasteiger partial charge in [0.1, 0.15) is 0 Å². The summed E-state index contributed by atoms with van der Waals surface area (Å²) in [5.74, 6) is -0.456. The Bertz CT molecular complexity index is 1160. The molecule has 0 aliphatic rings. The molecule has 1 heterocycles. The molecule has 8 nitrogen and oxygen atoms in total. The van der Waals surface area contributed by atoms with Gasteiger partial charge < -0.3 is 10.6 Å². The number of amides is 2. The standard InChI is InChI=1S/C22H23N5O3S/c1-4-15-9-5-7-11-17(15)24-20(29)13(2)31-22-25-21(30)19(26-27-22)16-10-6-8-12-18(16)23-14(3)28/h5-13H,4H2,1-3H3,(H,23,28)(H,24,29)(H,25,27,30)/t13-/m0/s1. The normalized spacial score (nSPS) is 11.6. The zero-order chi connectivity index (χ0) is 22.4. The summed E-state index contributed by atoms with van der Waals surface area (Å²) in [4.78, 5) is 39.3. The van der Waals surface area contributed by atoms with Crippen molar-refractivity contribution >= 4 is 35.0 Å². The molecule has 0 bridgehead atoms. The highest BCUT2D eigenvalue weighted by molar-refractivity contribution is 8.00. The Kier molecular flexibility index (Phi) is 7.19. The van der Waals surface area contributed by atoms with Gasteiger partial charge in [-0.2, -0.15) is 0 Å². The monoisotopic (exact) mass is 437 g/mol. The molecule has 2 amide bonds. The Hall–Kier alpha value is -3.46. The van der Waals surface area contributed by atoms with Gasteiger partial charge in [0.2, 0.25) is 11.8 Å². The van der Waals surface area contributed by atoms with Crippen LogP contribution in [0, 0.1) is 0 Å². The highest BCUT2D eigenvalue weighted by Crippen LogP contribution is 2.25. The van der Waals surface area contributed by atoms with E-state index in [1.54, 1.807) is 31.2 Å². The van der Waals surface area contributed by atoms with Crippen molar-refractivity contribution in [2.75, 3.05) is 10.6 Å². The van der Waals surface area contributed by atoms with Crippen molar-refractivity contribution < 1.29 is 9.59 Å². The van der Waals surface area contributed by atoms with E-state index in [2.05, 4.69) is 25.8 Å². The average molecular weight is 438 g/mol. The smallest absolute Gasteiger partial charge is 0.278 e. The molecule has 0 unspecified atom stereocenters. The summed E-state index contributed by atoms with van der Waals surface area (Å²) < 4.78 is 0. The molecule has 3 aromatic rings. The van der Waals surface area contributed by atoms with Gasteiger partial charge in [-0.15, -0.1) is 10.2 Å². The topological polar surface area (TPSA) is 117 Å². The van der Waals surface area contributed by atoms with Gasteiger partial charge in [0.25, 0.3) is 5.56 Å². The number of rotatable bonds is 7. The van der Waals surface area contributed by atoms with Crippen molar-refractivity contribution in [2.45, 2.75) is 37.6 Å². The number of aryl methyl sites for hydroxylation is 1. The average Bonchev–Trinajstić information content (AvgIpc) is 2.74. The summed E-state index contributed by atoms with van der Waals surface area (Å²) in [6.45, 7) is 5.14. The molecule has 0 fully saturated rings. The quantitative estimate of drug-likeness (QED) is 0.487. The van der Waals surface area contributed by atoms with Crippen LogP contribution in [0.4, 0.5) is 11.4 Å². The molecule has 0 radical (unpaired) electrons. The first kappa shape index (κ1) is 22.2. The summed E-state index contributed by atoms with van der Waals surface area (Å²) >= 11 is 1.11. The Morgan fingerprint density at radius 2 is 1.71 bits per heavy atom. The number of H-pyrrole nitrogens is 1. The Labute approximate surface area is 183 Å². The Morgan fingerprint density at radius 3 is 2.39 bits per heavy atom. The van der Waals surface area contributed by atoms with E-state index in [9.17, 15) is 14.4 Å². The lowest BCUT2D eigenvalue weighted by Gasteiger charge is -2.14. The number of benzene rings is 2. The maximum Gasteiger partial charge on any atom is 0.278 e. The van der Waals surface area contributed by atoms with Crippen LogP contribution < -0.4 is 16.2 Å². The van der Waals surface area contributed by atoms with Crippen molar-refractivity contribution in [3.05, 3.63) is 64.4 Å². The van der Waals surface area contributed by atoms with E-state index in [1.165, 1.54) is 6.92 Å². The minimum Gasteiger partial charge on any atom is -0.326 e. The van der Waals surface area contributed by atoms with Crippen LogP contribution in [0.2, 0.25) is 0 Å². The molecule has 0 aliphatic carbocycles.